The van der Waals surface area contributed by atoms with Crippen LogP contribution in [0, 0.1) is 0 Å². The molecule has 3 heteroatoms. The second-order valence-corrected chi connectivity index (χ2v) is 12.7. The molecule has 0 atom stereocenters. The maximum Gasteiger partial charge on any atom is 0.0178 e. The van der Waals surface area contributed by atoms with Gasteiger partial charge in [0, 0.05) is 34.0 Å². The van der Waals surface area contributed by atoms with E-state index >= 15 is 0 Å². The molecule has 0 unspecified atom stereocenters. The van der Waals surface area contributed by atoms with Crippen LogP contribution in [-0.2, 0) is 13.1 Å². The lowest BCUT2D eigenvalue weighted by Gasteiger charge is -2.34. The van der Waals surface area contributed by atoms with Crippen molar-refractivity contribution in [2.24, 2.45) is 11.5 Å². The first-order valence-corrected chi connectivity index (χ1v) is 14.4. The molecule has 4 N–H and O–H groups in total. The van der Waals surface area contributed by atoms with E-state index in [1.165, 1.54) is 43.2 Å². The fourth-order valence-corrected chi connectivity index (χ4v) is 8.18. The van der Waals surface area contributed by atoms with Gasteiger partial charge in [-0.05, 0) is 45.9 Å². The van der Waals surface area contributed by atoms with Gasteiger partial charge in [0.1, 0.15) is 0 Å². The molecule has 0 saturated carbocycles. The summed E-state index contributed by atoms with van der Waals surface area (Å²) in [6.45, 7) is 1.10. The van der Waals surface area contributed by atoms with Crippen LogP contribution >= 0.6 is 10.0 Å². The van der Waals surface area contributed by atoms with Gasteiger partial charge in [-0.25, -0.2) is 0 Å². The summed E-state index contributed by atoms with van der Waals surface area (Å²) in [6, 6.07) is 39.3. The fourth-order valence-electron chi connectivity index (χ4n) is 5.06. The molecule has 0 spiro atoms. The van der Waals surface area contributed by atoms with Crippen LogP contribution in [0.4, 0.5) is 0 Å². The van der Waals surface area contributed by atoms with Crippen molar-refractivity contribution in [2.45, 2.75) is 13.1 Å². The lowest BCUT2D eigenvalue weighted by Crippen LogP contribution is -2.01. The van der Waals surface area contributed by atoms with Crippen molar-refractivity contribution >= 4 is 31.0 Å². The zero-order valence-electron chi connectivity index (χ0n) is 20.4. The average molecular weight is 477 g/mol. The van der Waals surface area contributed by atoms with Gasteiger partial charge in [0.25, 0.3) is 0 Å². The van der Waals surface area contributed by atoms with Gasteiger partial charge in [-0.2, -0.15) is 10.0 Å². The largest absolute Gasteiger partial charge is 0.326 e. The predicted octanol–water partition coefficient (Wildman–Crippen LogP) is 7.12. The Morgan fingerprint density at radius 3 is 1.11 bits per heavy atom. The standard InChI is InChI=1S/C32H32N2S/c1-35(2)31(27-17-13-23(21-33)14-18-27)29(25-9-5-3-6-10-25)30(26-11-7-4-8-12-26)32(35)28-19-15-24(22-34)16-20-28/h3-20H,21-22,33-34H2,1-2H3. The Kier molecular flexibility index (Phi) is 6.48. The van der Waals surface area contributed by atoms with E-state index in [9.17, 15) is 0 Å². The Labute approximate surface area is 210 Å². The molecule has 0 aliphatic carbocycles. The highest BCUT2D eigenvalue weighted by molar-refractivity contribution is 8.47. The first-order chi connectivity index (χ1) is 17.0. The summed E-state index contributed by atoms with van der Waals surface area (Å²) in [5.41, 5.74) is 21.8. The van der Waals surface area contributed by atoms with Gasteiger partial charge in [-0.3, -0.25) is 0 Å². The second kappa shape index (κ2) is 9.71. The van der Waals surface area contributed by atoms with Crippen LogP contribution in [0.5, 0.6) is 0 Å². The number of hydrogen-bond acceptors (Lipinski definition) is 2. The van der Waals surface area contributed by atoms with E-state index < -0.39 is 10.0 Å². The maximum absolute atomic E-state index is 5.92. The maximum atomic E-state index is 5.92. The molecule has 0 aromatic heterocycles. The van der Waals surface area contributed by atoms with Gasteiger partial charge in [-0.1, -0.05) is 109 Å². The molecule has 4 aromatic rings. The summed E-state index contributed by atoms with van der Waals surface area (Å²) >= 11 is 0. The molecule has 0 fully saturated rings. The van der Waals surface area contributed by atoms with Crippen LogP contribution < -0.4 is 11.5 Å². The highest BCUT2D eigenvalue weighted by Crippen LogP contribution is 2.74. The smallest absolute Gasteiger partial charge is 0.0178 e. The molecule has 35 heavy (non-hydrogen) atoms. The molecule has 5 rings (SSSR count). The van der Waals surface area contributed by atoms with Crippen LogP contribution in [0.2, 0.25) is 0 Å². The molecule has 2 nitrogen and oxygen atoms in total. The van der Waals surface area contributed by atoms with Crippen molar-refractivity contribution in [3.8, 4) is 0 Å². The Hall–Kier alpha value is -3.37. The first-order valence-electron chi connectivity index (χ1n) is 12.0. The Bertz CT molecular complexity index is 1270. The molecule has 0 amide bonds. The summed E-state index contributed by atoms with van der Waals surface area (Å²) in [6.07, 6.45) is 4.87. The van der Waals surface area contributed by atoms with Crippen LogP contribution in [-0.4, -0.2) is 12.5 Å². The minimum Gasteiger partial charge on any atom is -0.326 e. The third-order valence-electron chi connectivity index (χ3n) is 6.75. The van der Waals surface area contributed by atoms with Crippen LogP contribution in [0.3, 0.4) is 0 Å². The molecule has 4 aromatic carbocycles. The Morgan fingerprint density at radius 2 is 0.800 bits per heavy atom. The minimum absolute atomic E-state index is 0.549. The molecular weight excluding hydrogens is 444 g/mol. The van der Waals surface area contributed by atoms with Gasteiger partial charge >= 0.3 is 0 Å². The predicted molar refractivity (Wildman–Crippen MR) is 155 cm³/mol. The molecule has 0 saturated heterocycles. The average Bonchev–Trinajstić information content (AvgIpc) is 3.16. The number of allylic oxidation sites excluding steroid dienone is 2. The molecule has 1 aliphatic rings. The molecule has 1 aliphatic heterocycles. The number of hydrogen-bond donors (Lipinski definition) is 2. The van der Waals surface area contributed by atoms with Crippen molar-refractivity contribution in [1.29, 1.82) is 0 Å². The van der Waals surface area contributed by atoms with Crippen molar-refractivity contribution < 1.29 is 0 Å². The highest BCUT2D eigenvalue weighted by atomic mass is 32.3. The molecule has 0 bridgehead atoms. The third kappa shape index (κ3) is 4.28. The SMILES string of the molecule is CS1(C)C(c2ccc(CN)cc2)=C(c2ccccc2)C(c2ccccc2)=C1c1ccc(CN)cc1. The molecular formula is C32H32N2S. The summed E-state index contributed by atoms with van der Waals surface area (Å²) in [7, 11) is -1.37. The summed E-state index contributed by atoms with van der Waals surface area (Å²) in [4.78, 5) is 2.84. The van der Waals surface area contributed by atoms with E-state index in [1.54, 1.807) is 0 Å². The van der Waals surface area contributed by atoms with E-state index in [4.69, 9.17) is 11.5 Å². The molecule has 176 valence electrons. The highest BCUT2D eigenvalue weighted by Gasteiger charge is 2.39. The Morgan fingerprint density at radius 1 is 0.457 bits per heavy atom. The number of rotatable bonds is 6. The third-order valence-corrected chi connectivity index (χ3v) is 9.67. The first kappa shape index (κ1) is 23.4. The minimum atomic E-state index is -1.37. The van der Waals surface area contributed by atoms with Crippen LogP contribution in [0.25, 0.3) is 21.0 Å². The quantitative estimate of drug-likeness (QED) is 0.311. The fraction of sp³-hybridized carbons (Fsp3) is 0.125. The number of nitrogens with two attached hydrogens (primary N) is 2. The lowest BCUT2D eigenvalue weighted by molar-refractivity contribution is 1.07. The van der Waals surface area contributed by atoms with Gasteiger partial charge in [0.2, 0.25) is 0 Å². The van der Waals surface area contributed by atoms with Gasteiger partial charge in [-0.15, -0.1) is 0 Å². The van der Waals surface area contributed by atoms with Crippen molar-refractivity contribution in [3.63, 3.8) is 0 Å². The van der Waals surface area contributed by atoms with Crippen molar-refractivity contribution in [2.75, 3.05) is 12.5 Å². The molecule has 0 radical (unpaired) electrons. The lowest BCUT2D eigenvalue weighted by atomic mass is 9.89. The van der Waals surface area contributed by atoms with E-state index in [2.05, 4.69) is 122 Å². The van der Waals surface area contributed by atoms with Crippen LogP contribution in [0.1, 0.15) is 33.4 Å². The van der Waals surface area contributed by atoms with E-state index in [0.717, 1.165) is 11.1 Å². The van der Waals surface area contributed by atoms with Gasteiger partial charge < -0.3 is 11.5 Å². The van der Waals surface area contributed by atoms with E-state index in [1.807, 2.05) is 0 Å². The summed E-state index contributed by atoms with van der Waals surface area (Å²) in [5.74, 6) is 0. The zero-order chi connectivity index (χ0) is 24.4. The Balaban J connectivity index is 1.86. The zero-order valence-corrected chi connectivity index (χ0v) is 21.2. The van der Waals surface area contributed by atoms with Crippen molar-refractivity contribution in [1.82, 2.24) is 0 Å². The van der Waals surface area contributed by atoms with Crippen LogP contribution in [0.15, 0.2) is 109 Å². The number of benzene rings is 4. The van der Waals surface area contributed by atoms with E-state index in [-0.39, 0.29) is 0 Å². The van der Waals surface area contributed by atoms with E-state index in [0.29, 0.717) is 13.1 Å². The summed E-state index contributed by atoms with van der Waals surface area (Å²) < 4.78 is 0. The van der Waals surface area contributed by atoms with Gasteiger partial charge in [0.05, 0.1) is 0 Å². The summed E-state index contributed by atoms with van der Waals surface area (Å²) in [5, 5.41) is 0. The van der Waals surface area contributed by atoms with Gasteiger partial charge in [0.15, 0.2) is 0 Å². The normalized spacial score (nSPS) is 16.0. The molecule has 1 heterocycles. The van der Waals surface area contributed by atoms with Crippen molar-refractivity contribution in [3.05, 3.63) is 143 Å². The second-order valence-electron chi connectivity index (χ2n) is 9.27. The topological polar surface area (TPSA) is 52.0 Å². The monoisotopic (exact) mass is 476 g/mol.